The van der Waals surface area contributed by atoms with Crippen molar-refractivity contribution in [1.29, 1.82) is 0 Å². The molecule has 28 heavy (non-hydrogen) atoms. The van der Waals surface area contributed by atoms with Gasteiger partial charge in [-0.3, -0.25) is 4.79 Å². The number of anilines is 1. The first kappa shape index (κ1) is 20.2. The molecule has 8 nitrogen and oxygen atoms in total. The fourth-order valence-corrected chi connectivity index (χ4v) is 4.31. The molecule has 0 radical (unpaired) electrons. The summed E-state index contributed by atoms with van der Waals surface area (Å²) in [5, 5.41) is 3.16. The molecule has 0 aromatic carbocycles. The number of hydrogen-bond acceptors (Lipinski definition) is 8. The van der Waals surface area contributed by atoms with Crippen LogP contribution in [-0.2, 0) is 41.4 Å². The Hall–Kier alpha value is -2.55. The Balaban J connectivity index is 1.72. The Kier molecular flexibility index (Phi) is 6.56. The second-order valence-corrected chi connectivity index (χ2v) is 7.48. The summed E-state index contributed by atoms with van der Waals surface area (Å²) in [4.78, 5) is 38.1. The highest BCUT2D eigenvalue weighted by Crippen LogP contribution is 2.38. The average molecular weight is 409 g/mol. The van der Waals surface area contributed by atoms with Crippen molar-refractivity contribution in [3.63, 3.8) is 0 Å². The van der Waals surface area contributed by atoms with Crippen LogP contribution in [0.2, 0.25) is 0 Å². The van der Waals surface area contributed by atoms with E-state index in [1.165, 1.54) is 24.5 Å². The predicted octanol–water partition coefficient (Wildman–Crippen LogP) is 2.56. The van der Waals surface area contributed by atoms with Gasteiger partial charge in [0.15, 0.2) is 6.10 Å². The highest BCUT2D eigenvalue weighted by atomic mass is 32.1. The fourth-order valence-electron chi connectivity index (χ4n) is 3.03. The minimum absolute atomic E-state index is 0.0790. The smallest absolute Gasteiger partial charge is 0.377 e. The lowest BCUT2D eigenvalue weighted by molar-refractivity contribution is -0.153. The molecule has 3 rings (SSSR count). The summed E-state index contributed by atoms with van der Waals surface area (Å²) >= 11 is 1.38. The number of ether oxygens (including phenoxy) is 4. The maximum Gasteiger partial charge on any atom is 0.377 e. The highest BCUT2D eigenvalue weighted by Gasteiger charge is 2.29. The summed E-state index contributed by atoms with van der Waals surface area (Å²) in [6.07, 6.45) is 3.80. The van der Waals surface area contributed by atoms with Crippen LogP contribution in [0.3, 0.4) is 0 Å². The average Bonchev–Trinajstić information content (AvgIpc) is 3.06. The van der Waals surface area contributed by atoms with Crippen molar-refractivity contribution in [2.75, 3.05) is 25.1 Å². The van der Waals surface area contributed by atoms with Gasteiger partial charge in [-0.25, -0.2) is 9.59 Å². The maximum atomic E-state index is 12.6. The van der Waals surface area contributed by atoms with E-state index in [0.717, 1.165) is 36.1 Å². The molecule has 0 saturated heterocycles. The van der Waals surface area contributed by atoms with Crippen molar-refractivity contribution in [3.05, 3.63) is 28.0 Å². The van der Waals surface area contributed by atoms with Gasteiger partial charge in [0.1, 0.15) is 24.5 Å². The molecule has 0 fully saturated rings. The first-order chi connectivity index (χ1) is 13.5. The van der Waals surface area contributed by atoms with E-state index < -0.39 is 23.9 Å². The zero-order chi connectivity index (χ0) is 20.1. The molecule has 1 N–H and O–H groups in total. The highest BCUT2D eigenvalue weighted by molar-refractivity contribution is 7.17. The minimum atomic E-state index is -1.08. The van der Waals surface area contributed by atoms with E-state index in [9.17, 15) is 14.4 Å². The third-order valence-electron chi connectivity index (χ3n) is 4.39. The number of esters is 2. The molecule has 0 unspecified atom stereocenters. The molecule has 0 saturated carbocycles. The molecule has 2 aliphatic rings. The summed E-state index contributed by atoms with van der Waals surface area (Å²) in [6.45, 7) is 4.04. The van der Waals surface area contributed by atoms with E-state index in [-0.39, 0.29) is 19.0 Å². The van der Waals surface area contributed by atoms with E-state index in [2.05, 4.69) is 5.32 Å². The Morgan fingerprint density at radius 3 is 2.71 bits per heavy atom. The van der Waals surface area contributed by atoms with Crippen molar-refractivity contribution in [3.8, 4) is 0 Å². The van der Waals surface area contributed by atoms with Crippen LogP contribution in [0.15, 0.2) is 12.0 Å². The Morgan fingerprint density at radius 2 is 2.00 bits per heavy atom. The molecule has 9 heteroatoms. The van der Waals surface area contributed by atoms with Crippen molar-refractivity contribution < 1.29 is 33.3 Å². The van der Waals surface area contributed by atoms with Crippen LogP contribution in [0.25, 0.3) is 0 Å². The Bertz CT molecular complexity index is 798. The Morgan fingerprint density at radius 1 is 1.21 bits per heavy atom. The Labute approximate surface area is 166 Å². The molecular weight excluding hydrogens is 386 g/mol. The summed E-state index contributed by atoms with van der Waals surface area (Å²) in [6, 6.07) is 0. The molecule has 1 aromatic rings. The van der Waals surface area contributed by atoms with Crippen molar-refractivity contribution in [2.24, 2.45) is 0 Å². The van der Waals surface area contributed by atoms with Crippen molar-refractivity contribution in [2.45, 2.75) is 45.6 Å². The number of amides is 1. The first-order valence-corrected chi connectivity index (χ1v) is 10.1. The van der Waals surface area contributed by atoms with Gasteiger partial charge in [-0.15, -0.1) is 11.3 Å². The van der Waals surface area contributed by atoms with Gasteiger partial charge in [0.2, 0.25) is 5.76 Å². The standard InChI is InChI=1S/C19H23NO7S/c1-3-25-19(23)15-12-6-4-5-7-14(12)28-17(15)20-16(21)11(2)27-18(22)13-10-24-8-9-26-13/h10-11H,3-9H2,1-2H3,(H,20,21)/t11-/m1/s1. The third-order valence-corrected chi connectivity index (χ3v) is 5.60. The molecular formula is C19H23NO7S. The summed E-state index contributed by atoms with van der Waals surface area (Å²) < 4.78 is 20.5. The molecule has 1 atom stereocenters. The molecule has 0 spiro atoms. The van der Waals surface area contributed by atoms with Crippen LogP contribution in [0.5, 0.6) is 0 Å². The SMILES string of the molecule is CCOC(=O)c1c(NC(=O)[C@@H](C)OC(=O)C2=COCCO2)sc2c1CCCC2. The second kappa shape index (κ2) is 9.09. The number of fused-ring (bicyclic) bond motifs is 1. The van der Waals surface area contributed by atoms with E-state index >= 15 is 0 Å². The topological polar surface area (TPSA) is 100 Å². The molecule has 152 valence electrons. The van der Waals surface area contributed by atoms with Crippen molar-refractivity contribution in [1.82, 2.24) is 0 Å². The van der Waals surface area contributed by atoms with E-state index in [0.29, 0.717) is 17.2 Å². The van der Waals surface area contributed by atoms with E-state index in [1.54, 1.807) is 6.92 Å². The fraction of sp³-hybridized carbons (Fsp3) is 0.526. The zero-order valence-electron chi connectivity index (χ0n) is 15.9. The molecule has 1 aliphatic heterocycles. The maximum absolute atomic E-state index is 12.6. The number of hydrogen-bond donors (Lipinski definition) is 1. The molecule has 0 bridgehead atoms. The van der Waals surface area contributed by atoms with Gasteiger partial charge < -0.3 is 24.3 Å². The van der Waals surface area contributed by atoms with Crippen LogP contribution in [0, 0.1) is 0 Å². The van der Waals surface area contributed by atoms with Crippen LogP contribution in [0.4, 0.5) is 5.00 Å². The minimum Gasteiger partial charge on any atom is -0.493 e. The number of carbonyl (C=O) groups is 3. The number of aryl methyl sites for hydroxylation is 1. The van der Waals surface area contributed by atoms with E-state index in [4.69, 9.17) is 18.9 Å². The van der Waals surface area contributed by atoms with Crippen LogP contribution >= 0.6 is 11.3 Å². The van der Waals surface area contributed by atoms with Gasteiger partial charge in [-0.1, -0.05) is 0 Å². The normalized spacial score (nSPS) is 16.6. The van der Waals surface area contributed by atoms with Crippen LogP contribution in [0.1, 0.15) is 47.5 Å². The summed E-state index contributed by atoms with van der Waals surface area (Å²) in [5.41, 5.74) is 1.37. The molecule has 1 aromatic heterocycles. The van der Waals surface area contributed by atoms with Crippen LogP contribution < -0.4 is 5.32 Å². The van der Waals surface area contributed by atoms with Gasteiger partial charge in [-0.2, -0.15) is 0 Å². The second-order valence-electron chi connectivity index (χ2n) is 6.37. The van der Waals surface area contributed by atoms with Gasteiger partial charge >= 0.3 is 11.9 Å². The zero-order valence-corrected chi connectivity index (χ0v) is 16.7. The first-order valence-electron chi connectivity index (χ1n) is 9.29. The lowest BCUT2D eigenvalue weighted by Gasteiger charge is -2.17. The lowest BCUT2D eigenvalue weighted by Crippen LogP contribution is -2.31. The molecule has 2 heterocycles. The quantitative estimate of drug-likeness (QED) is 0.721. The lowest BCUT2D eigenvalue weighted by atomic mass is 9.95. The largest absolute Gasteiger partial charge is 0.493 e. The molecule has 1 aliphatic carbocycles. The number of thiophene rings is 1. The van der Waals surface area contributed by atoms with Gasteiger partial charge in [0.25, 0.3) is 5.91 Å². The van der Waals surface area contributed by atoms with Gasteiger partial charge in [0.05, 0.1) is 12.2 Å². The number of rotatable bonds is 6. The van der Waals surface area contributed by atoms with E-state index in [1.807, 2.05) is 0 Å². The number of carbonyl (C=O) groups excluding carboxylic acids is 3. The van der Waals surface area contributed by atoms with Crippen molar-refractivity contribution >= 4 is 34.2 Å². The number of nitrogens with one attached hydrogen (secondary N) is 1. The summed E-state index contributed by atoms with van der Waals surface area (Å²) in [5.74, 6) is -1.84. The predicted molar refractivity (Wildman–Crippen MR) is 101 cm³/mol. The third kappa shape index (κ3) is 4.46. The summed E-state index contributed by atoms with van der Waals surface area (Å²) in [7, 11) is 0. The monoisotopic (exact) mass is 409 g/mol. The van der Waals surface area contributed by atoms with Gasteiger partial charge in [0, 0.05) is 4.88 Å². The van der Waals surface area contributed by atoms with Gasteiger partial charge in [-0.05, 0) is 45.1 Å². The van der Waals surface area contributed by atoms with Crippen LogP contribution in [-0.4, -0.2) is 43.8 Å². The molecule has 1 amide bonds.